The Hall–Kier alpha value is -2.99. The van der Waals surface area contributed by atoms with E-state index in [-0.39, 0.29) is 11.6 Å². The zero-order valence-electron chi connectivity index (χ0n) is 15.1. The number of hydrogen-bond donors (Lipinski definition) is 1. The minimum atomic E-state index is -0.898. The lowest BCUT2D eigenvalue weighted by Crippen LogP contribution is -2.35. The number of rotatable bonds is 6. The Morgan fingerprint density at radius 3 is 2.52 bits per heavy atom. The van der Waals surface area contributed by atoms with Crippen LogP contribution in [0.25, 0.3) is 10.6 Å². The maximum Gasteiger partial charge on any atom is 0.358 e. The van der Waals surface area contributed by atoms with Gasteiger partial charge in [-0.2, -0.15) is 0 Å². The number of esters is 1. The summed E-state index contributed by atoms with van der Waals surface area (Å²) in [5, 5.41) is 5.15. The Labute approximate surface area is 162 Å². The molecule has 1 amide bonds. The summed E-state index contributed by atoms with van der Waals surface area (Å²) >= 11 is 1.36. The number of nitrogens with zero attached hydrogens (tertiary/aromatic N) is 1. The number of thiazole rings is 1. The van der Waals surface area contributed by atoms with E-state index in [4.69, 9.17) is 4.74 Å². The highest BCUT2D eigenvalue weighted by Crippen LogP contribution is 2.23. The summed E-state index contributed by atoms with van der Waals surface area (Å²) in [6.45, 7) is 3.94. The smallest absolute Gasteiger partial charge is 0.358 e. The highest BCUT2D eigenvalue weighted by atomic mass is 32.1. The standard InChI is InChI=1S/C21H20N2O3S/c1-14-8-10-16(11-9-14)12-22-19(24)15(2)26-21(25)18-13-27-20(23-18)17-6-4-3-5-7-17/h3-11,13,15H,12H2,1-2H3,(H,22,24)/t15-/m0/s1. The van der Waals surface area contributed by atoms with E-state index in [0.29, 0.717) is 6.54 Å². The first-order valence-electron chi connectivity index (χ1n) is 8.58. The molecular formula is C21H20N2O3S. The lowest BCUT2D eigenvalue weighted by molar-refractivity contribution is -0.129. The quantitative estimate of drug-likeness (QED) is 0.657. The van der Waals surface area contributed by atoms with Crippen molar-refractivity contribution < 1.29 is 14.3 Å². The first kappa shape index (κ1) is 18.8. The second kappa shape index (κ2) is 8.60. The molecule has 0 bridgehead atoms. The Kier molecular flexibility index (Phi) is 5.98. The van der Waals surface area contributed by atoms with E-state index < -0.39 is 12.1 Å². The predicted molar refractivity (Wildman–Crippen MR) is 105 cm³/mol. The molecule has 3 aromatic rings. The van der Waals surface area contributed by atoms with E-state index in [1.54, 1.807) is 12.3 Å². The molecule has 2 aromatic carbocycles. The molecule has 0 aliphatic rings. The minimum Gasteiger partial charge on any atom is -0.448 e. The molecule has 0 saturated heterocycles. The van der Waals surface area contributed by atoms with Crippen LogP contribution in [0.5, 0.6) is 0 Å². The van der Waals surface area contributed by atoms with Crippen molar-refractivity contribution in [1.29, 1.82) is 0 Å². The van der Waals surface area contributed by atoms with Crippen LogP contribution in [0.3, 0.4) is 0 Å². The third kappa shape index (κ3) is 5.01. The fraction of sp³-hybridized carbons (Fsp3) is 0.190. The summed E-state index contributed by atoms with van der Waals surface area (Å²) in [6.07, 6.45) is -0.898. The van der Waals surface area contributed by atoms with Crippen molar-refractivity contribution in [3.8, 4) is 10.6 Å². The number of nitrogens with one attached hydrogen (secondary N) is 1. The van der Waals surface area contributed by atoms with E-state index in [1.807, 2.05) is 61.5 Å². The molecular weight excluding hydrogens is 360 g/mol. The monoisotopic (exact) mass is 380 g/mol. The topological polar surface area (TPSA) is 68.3 Å². The molecule has 6 heteroatoms. The fourth-order valence-corrected chi connectivity index (χ4v) is 3.19. The molecule has 138 valence electrons. The maximum absolute atomic E-state index is 12.3. The van der Waals surface area contributed by atoms with Gasteiger partial charge in [0.2, 0.25) is 0 Å². The Morgan fingerprint density at radius 1 is 1.11 bits per heavy atom. The van der Waals surface area contributed by atoms with Crippen molar-refractivity contribution in [3.63, 3.8) is 0 Å². The van der Waals surface area contributed by atoms with E-state index in [2.05, 4.69) is 10.3 Å². The fourth-order valence-electron chi connectivity index (χ4n) is 2.39. The molecule has 0 unspecified atom stereocenters. The summed E-state index contributed by atoms with van der Waals surface area (Å²) in [7, 11) is 0. The molecule has 0 aliphatic carbocycles. The van der Waals surface area contributed by atoms with Crippen LogP contribution in [0.2, 0.25) is 0 Å². The SMILES string of the molecule is Cc1ccc(CNC(=O)[C@H](C)OC(=O)c2csc(-c3ccccc3)n2)cc1. The normalized spacial score (nSPS) is 11.6. The molecule has 0 spiro atoms. The third-order valence-corrected chi connectivity index (χ3v) is 4.87. The molecule has 0 saturated carbocycles. The Morgan fingerprint density at radius 2 is 1.81 bits per heavy atom. The maximum atomic E-state index is 12.3. The number of benzene rings is 2. The van der Waals surface area contributed by atoms with Crippen molar-refractivity contribution >= 4 is 23.2 Å². The minimum absolute atomic E-state index is 0.206. The molecule has 1 heterocycles. The molecule has 0 radical (unpaired) electrons. The number of carbonyl (C=O) groups is 2. The second-order valence-corrected chi connectivity index (χ2v) is 7.01. The summed E-state index contributed by atoms with van der Waals surface area (Å²) in [6, 6.07) is 17.5. The molecule has 1 aromatic heterocycles. The number of carbonyl (C=O) groups excluding carboxylic acids is 2. The van der Waals surface area contributed by atoms with Crippen molar-refractivity contribution in [2.24, 2.45) is 0 Å². The first-order chi connectivity index (χ1) is 13.0. The summed E-state index contributed by atoms with van der Waals surface area (Å²) in [4.78, 5) is 28.7. The van der Waals surface area contributed by atoms with Gasteiger partial charge in [0.05, 0.1) is 0 Å². The van der Waals surface area contributed by atoms with Gasteiger partial charge in [-0.25, -0.2) is 9.78 Å². The van der Waals surface area contributed by atoms with Gasteiger partial charge in [-0.15, -0.1) is 11.3 Å². The number of ether oxygens (including phenoxy) is 1. The van der Waals surface area contributed by atoms with Crippen molar-refractivity contribution in [1.82, 2.24) is 10.3 Å². The van der Waals surface area contributed by atoms with Gasteiger partial charge >= 0.3 is 5.97 Å². The number of aromatic nitrogens is 1. The predicted octanol–water partition coefficient (Wildman–Crippen LogP) is 3.98. The van der Waals surface area contributed by atoms with E-state index >= 15 is 0 Å². The zero-order chi connectivity index (χ0) is 19.2. The number of amides is 1. The van der Waals surface area contributed by atoms with Crippen LogP contribution in [0.1, 0.15) is 28.5 Å². The first-order valence-corrected chi connectivity index (χ1v) is 9.46. The highest BCUT2D eigenvalue weighted by molar-refractivity contribution is 7.13. The van der Waals surface area contributed by atoms with Gasteiger partial charge in [0.25, 0.3) is 5.91 Å². The Balaban J connectivity index is 1.54. The van der Waals surface area contributed by atoms with Crippen LogP contribution in [0, 0.1) is 6.92 Å². The zero-order valence-corrected chi connectivity index (χ0v) is 16.0. The van der Waals surface area contributed by atoms with Gasteiger partial charge in [-0.3, -0.25) is 4.79 Å². The van der Waals surface area contributed by atoms with Gasteiger partial charge < -0.3 is 10.1 Å². The number of hydrogen-bond acceptors (Lipinski definition) is 5. The van der Waals surface area contributed by atoms with Crippen LogP contribution in [-0.2, 0) is 16.1 Å². The van der Waals surface area contributed by atoms with Gasteiger partial charge in [-0.05, 0) is 19.4 Å². The highest BCUT2D eigenvalue weighted by Gasteiger charge is 2.20. The molecule has 3 rings (SSSR count). The third-order valence-electron chi connectivity index (χ3n) is 3.97. The lowest BCUT2D eigenvalue weighted by atomic mass is 10.1. The Bertz CT molecular complexity index is 920. The molecule has 1 atom stereocenters. The van der Waals surface area contributed by atoms with E-state index in [0.717, 1.165) is 21.7 Å². The van der Waals surface area contributed by atoms with Crippen LogP contribution in [0.15, 0.2) is 60.0 Å². The second-order valence-electron chi connectivity index (χ2n) is 6.15. The van der Waals surface area contributed by atoms with Gasteiger partial charge in [0.15, 0.2) is 11.8 Å². The van der Waals surface area contributed by atoms with Crippen molar-refractivity contribution in [2.75, 3.05) is 0 Å². The van der Waals surface area contributed by atoms with Crippen LogP contribution in [0.4, 0.5) is 0 Å². The van der Waals surface area contributed by atoms with E-state index in [9.17, 15) is 9.59 Å². The summed E-state index contributed by atoms with van der Waals surface area (Å²) in [5.41, 5.74) is 3.28. The largest absolute Gasteiger partial charge is 0.448 e. The average Bonchev–Trinajstić information content (AvgIpc) is 3.18. The molecule has 0 aliphatic heterocycles. The van der Waals surface area contributed by atoms with Crippen LogP contribution in [-0.4, -0.2) is 23.0 Å². The molecule has 5 nitrogen and oxygen atoms in total. The van der Waals surface area contributed by atoms with Gasteiger partial charge in [0.1, 0.15) is 5.01 Å². The van der Waals surface area contributed by atoms with Crippen LogP contribution < -0.4 is 5.32 Å². The van der Waals surface area contributed by atoms with Crippen molar-refractivity contribution in [2.45, 2.75) is 26.5 Å². The van der Waals surface area contributed by atoms with Gasteiger partial charge in [0, 0.05) is 17.5 Å². The molecule has 0 fully saturated rings. The number of aryl methyl sites for hydroxylation is 1. The van der Waals surface area contributed by atoms with E-state index in [1.165, 1.54) is 11.3 Å². The summed E-state index contributed by atoms with van der Waals surface area (Å²) < 4.78 is 5.25. The van der Waals surface area contributed by atoms with Crippen molar-refractivity contribution in [3.05, 3.63) is 76.8 Å². The molecule has 1 N–H and O–H groups in total. The summed E-state index contributed by atoms with van der Waals surface area (Å²) in [5.74, 6) is -0.950. The molecule has 27 heavy (non-hydrogen) atoms. The van der Waals surface area contributed by atoms with Crippen LogP contribution >= 0.6 is 11.3 Å². The van der Waals surface area contributed by atoms with Gasteiger partial charge in [-0.1, -0.05) is 60.2 Å². The average molecular weight is 380 g/mol. The lowest BCUT2D eigenvalue weighted by Gasteiger charge is -2.13.